The first-order valence-corrected chi connectivity index (χ1v) is 8.59. The van der Waals surface area contributed by atoms with E-state index >= 15 is 0 Å². The summed E-state index contributed by atoms with van der Waals surface area (Å²) in [5.41, 5.74) is 1.96. The van der Waals surface area contributed by atoms with Crippen molar-refractivity contribution in [1.82, 2.24) is 0 Å². The predicted octanol–water partition coefficient (Wildman–Crippen LogP) is 4.80. The molecule has 3 atom stereocenters. The summed E-state index contributed by atoms with van der Waals surface area (Å²) < 4.78 is 6.35. The Labute approximate surface area is 132 Å². The quantitative estimate of drug-likeness (QED) is 0.590. The summed E-state index contributed by atoms with van der Waals surface area (Å²) in [6.07, 6.45) is 4.55. The lowest BCUT2D eigenvalue weighted by atomic mass is 9.80. The topological polar surface area (TPSA) is 52.4 Å². The molecule has 0 saturated heterocycles. The van der Waals surface area contributed by atoms with E-state index in [1.54, 1.807) is 23.5 Å². The Balaban J connectivity index is 1.81. The number of nitro groups is 1. The molecule has 1 aliphatic carbocycles. The van der Waals surface area contributed by atoms with Gasteiger partial charge in [-0.05, 0) is 35.9 Å². The molecule has 1 aromatic heterocycles. The van der Waals surface area contributed by atoms with Crippen molar-refractivity contribution in [3.05, 3.63) is 61.8 Å². The molecule has 2 heterocycles. The summed E-state index contributed by atoms with van der Waals surface area (Å²) in [5.74, 6) is 0.475. The van der Waals surface area contributed by atoms with Crippen LogP contribution >= 0.6 is 11.3 Å². The minimum Gasteiger partial charge on any atom is -0.365 e. The van der Waals surface area contributed by atoms with Gasteiger partial charge in [0.2, 0.25) is 0 Å². The first-order chi connectivity index (χ1) is 10.8. The van der Waals surface area contributed by atoms with Gasteiger partial charge in [-0.25, -0.2) is 0 Å². The average Bonchev–Trinajstić information content (AvgIpc) is 3.04. The van der Waals surface area contributed by atoms with Crippen LogP contribution in [0.5, 0.6) is 0 Å². The van der Waals surface area contributed by atoms with Crippen LogP contribution in [0.4, 0.5) is 5.69 Å². The molecule has 0 spiro atoms. The Bertz CT molecular complexity index is 711. The highest BCUT2D eigenvalue weighted by atomic mass is 32.1. The second kappa shape index (κ2) is 5.48. The van der Waals surface area contributed by atoms with Crippen molar-refractivity contribution in [2.45, 2.75) is 43.8 Å². The van der Waals surface area contributed by atoms with Gasteiger partial charge in [0.25, 0.3) is 5.69 Å². The fourth-order valence-electron chi connectivity index (χ4n) is 3.77. The molecule has 5 heteroatoms. The zero-order chi connectivity index (χ0) is 15.1. The molecule has 2 aromatic rings. The van der Waals surface area contributed by atoms with Crippen molar-refractivity contribution in [3.8, 4) is 0 Å². The van der Waals surface area contributed by atoms with Gasteiger partial charge < -0.3 is 4.74 Å². The van der Waals surface area contributed by atoms with E-state index in [0.29, 0.717) is 11.5 Å². The van der Waals surface area contributed by atoms with Gasteiger partial charge in [-0.2, -0.15) is 0 Å². The Morgan fingerprint density at radius 2 is 1.95 bits per heavy atom. The van der Waals surface area contributed by atoms with E-state index in [2.05, 4.69) is 11.4 Å². The van der Waals surface area contributed by atoms with Gasteiger partial charge in [-0.15, -0.1) is 11.3 Å². The lowest BCUT2D eigenvalue weighted by Crippen LogP contribution is -2.32. The molecule has 0 radical (unpaired) electrons. The van der Waals surface area contributed by atoms with Gasteiger partial charge in [0.1, 0.15) is 6.10 Å². The van der Waals surface area contributed by atoms with E-state index in [1.807, 2.05) is 12.1 Å². The van der Waals surface area contributed by atoms with Crippen LogP contribution in [0.15, 0.2) is 35.7 Å². The van der Waals surface area contributed by atoms with Crippen LogP contribution in [-0.2, 0) is 4.74 Å². The molecular weight excluding hydrogens is 298 g/mol. The van der Waals surface area contributed by atoms with E-state index in [1.165, 1.54) is 24.1 Å². The van der Waals surface area contributed by atoms with E-state index in [0.717, 1.165) is 12.0 Å². The number of ether oxygens (including phenoxy) is 1. The first-order valence-electron chi connectivity index (χ1n) is 7.72. The number of rotatable bonds is 2. The smallest absolute Gasteiger partial charge is 0.275 e. The molecule has 2 aliphatic rings. The highest BCUT2D eigenvalue weighted by Gasteiger charge is 2.40. The van der Waals surface area contributed by atoms with Crippen LogP contribution in [0, 0.1) is 10.1 Å². The molecular formula is C17H17NO3S. The third kappa shape index (κ3) is 2.16. The number of benzene rings is 1. The fraction of sp³-hybridized carbons (Fsp3) is 0.412. The van der Waals surface area contributed by atoms with E-state index < -0.39 is 0 Å². The molecule has 1 aliphatic heterocycles. The van der Waals surface area contributed by atoms with E-state index in [9.17, 15) is 10.1 Å². The number of hydrogen-bond acceptors (Lipinski definition) is 4. The minimum absolute atomic E-state index is 0.152. The maximum atomic E-state index is 11.4. The lowest BCUT2D eigenvalue weighted by Gasteiger charge is -2.39. The maximum absolute atomic E-state index is 11.4. The summed E-state index contributed by atoms with van der Waals surface area (Å²) in [6.45, 7) is 0. The second-order valence-corrected chi connectivity index (χ2v) is 6.95. The number of nitro benzene ring substituents is 1. The molecule has 0 N–H and O–H groups in total. The first kappa shape index (κ1) is 13.9. The van der Waals surface area contributed by atoms with Crippen molar-refractivity contribution in [3.63, 3.8) is 0 Å². The van der Waals surface area contributed by atoms with Crippen molar-refractivity contribution < 1.29 is 9.66 Å². The Hall–Kier alpha value is -1.72. The van der Waals surface area contributed by atoms with Gasteiger partial charge in [0.05, 0.1) is 16.6 Å². The van der Waals surface area contributed by atoms with E-state index in [4.69, 9.17) is 4.74 Å². The van der Waals surface area contributed by atoms with Crippen LogP contribution in [0.2, 0.25) is 0 Å². The summed E-state index contributed by atoms with van der Waals surface area (Å²) in [7, 11) is 0. The summed E-state index contributed by atoms with van der Waals surface area (Å²) in [5, 5.41) is 13.4. The van der Waals surface area contributed by atoms with E-state index in [-0.39, 0.29) is 22.8 Å². The fourth-order valence-corrected chi connectivity index (χ4v) is 4.89. The van der Waals surface area contributed by atoms with Crippen LogP contribution in [0.3, 0.4) is 0 Å². The molecule has 4 rings (SSSR count). The van der Waals surface area contributed by atoms with Gasteiger partial charge >= 0.3 is 0 Å². The summed E-state index contributed by atoms with van der Waals surface area (Å²) >= 11 is 1.77. The summed E-state index contributed by atoms with van der Waals surface area (Å²) in [4.78, 5) is 12.4. The standard InChI is InChI=1S/C17H17NO3S/c19-18(20)14-7-3-1-5-11(14)16-13-9-10-22-17(13)12-6-2-4-8-15(12)21-16/h1,3,5,7,9-10,12,15-16H,2,4,6,8H2/t12-,15+,16+/m1/s1. The normalized spacial score (nSPS) is 27.0. The van der Waals surface area contributed by atoms with Crippen LogP contribution in [0.25, 0.3) is 0 Å². The lowest BCUT2D eigenvalue weighted by molar-refractivity contribution is -0.386. The molecule has 4 nitrogen and oxygen atoms in total. The van der Waals surface area contributed by atoms with Crippen molar-refractivity contribution in [2.24, 2.45) is 0 Å². The molecule has 1 saturated carbocycles. The summed E-state index contributed by atoms with van der Waals surface area (Å²) in [6, 6.07) is 9.03. The minimum atomic E-state index is -0.308. The molecule has 0 amide bonds. The highest BCUT2D eigenvalue weighted by Crippen LogP contribution is 2.49. The number of hydrogen-bond donors (Lipinski definition) is 0. The zero-order valence-corrected chi connectivity index (χ0v) is 12.9. The molecule has 114 valence electrons. The Morgan fingerprint density at radius 1 is 1.14 bits per heavy atom. The van der Waals surface area contributed by atoms with Gasteiger partial charge in [0.15, 0.2) is 0 Å². The second-order valence-electron chi connectivity index (χ2n) is 6.00. The van der Waals surface area contributed by atoms with Crippen molar-refractivity contribution >= 4 is 17.0 Å². The largest absolute Gasteiger partial charge is 0.365 e. The highest BCUT2D eigenvalue weighted by molar-refractivity contribution is 7.10. The van der Waals surface area contributed by atoms with Crippen LogP contribution in [0.1, 0.15) is 53.7 Å². The Morgan fingerprint density at radius 3 is 2.82 bits per heavy atom. The molecule has 1 aromatic carbocycles. The van der Waals surface area contributed by atoms with Crippen LogP contribution < -0.4 is 0 Å². The molecule has 22 heavy (non-hydrogen) atoms. The molecule has 0 unspecified atom stereocenters. The number of fused-ring (bicyclic) bond motifs is 3. The average molecular weight is 315 g/mol. The van der Waals surface area contributed by atoms with Crippen LogP contribution in [-0.4, -0.2) is 11.0 Å². The number of para-hydroxylation sites is 1. The number of thiophene rings is 1. The maximum Gasteiger partial charge on any atom is 0.275 e. The van der Waals surface area contributed by atoms with Gasteiger partial charge in [-0.1, -0.05) is 25.0 Å². The van der Waals surface area contributed by atoms with Gasteiger partial charge in [0, 0.05) is 16.9 Å². The molecule has 0 bridgehead atoms. The third-order valence-electron chi connectivity index (χ3n) is 4.78. The third-order valence-corrected chi connectivity index (χ3v) is 5.84. The van der Waals surface area contributed by atoms with Crippen molar-refractivity contribution in [2.75, 3.05) is 0 Å². The number of nitrogens with zero attached hydrogens (tertiary/aromatic N) is 1. The predicted molar refractivity (Wildman–Crippen MR) is 85.3 cm³/mol. The SMILES string of the molecule is O=[N+]([O-])c1ccccc1[C@@H]1O[C@H]2CCCC[C@H]2c2sccc21. The monoisotopic (exact) mass is 315 g/mol. The Kier molecular flexibility index (Phi) is 3.47. The zero-order valence-electron chi connectivity index (χ0n) is 12.1. The van der Waals surface area contributed by atoms with Crippen molar-refractivity contribution in [1.29, 1.82) is 0 Å². The molecule has 1 fully saturated rings. The van der Waals surface area contributed by atoms with Gasteiger partial charge in [-0.3, -0.25) is 10.1 Å².